The van der Waals surface area contributed by atoms with Gasteiger partial charge in [0.15, 0.2) is 0 Å². The Morgan fingerprint density at radius 3 is 2.33 bits per heavy atom. The zero-order valence-corrected chi connectivity index (χ0v) is 21.0. The molecule has 1 saturated heterocycles. The monoisotopic (exact) mass is 452 g/mol. The molecule has 0 aromatic heterocycles. The molecule has 1 heterocycles. The van der Waals surface area contributed by atoms with Gasteiger partial charge in [-0.3, -0.25) is 9.59 Å². The highest BCUT2D eigenvalue weighted by atomic mass is 16.6. The molecule has 0 spiro atoms. The van der Waals surface area contributed by atoms with Gasteiger partial charge in [0.25, 0.3) is 0 Å². The predicted octanol–water partition coefficient (Wildman–Crippen LogP) is 6.16. The van der Waals surface area contributed by atoms with E-state index in [2.05, 4.69) is 46.4 Å². The maximum Gasteiger partial charge on any atom is 0.313 e. The Labute approximate surface area is 198 Å². The maximum atomic E-state index is 13.5. The molecule has 0 radical (unpaired) electrons. The molecule has 6 aliphatic rings. The van der Waals surface area contributed by atoms with Gasteiger partial charge in [0.1, 0.15) is 5.60 Å². The lowest BCUT2D eigenvalue weighted by Crippen LogP contribution is -2.68. The number of hydrogen-bond donors (Lipinski definition) is 1. The zero-order valence-electron chi connectivity index (χ0n) is 21.0. The molecule has 5 fully saturated rings. The lowest BCUT2D eigenvalue weighted by Gasteiger charge is -2.68. The Morgan fingerprint density at radius 2 is 1.70 bits per heavy atom. The maximum absolute atomic E-state index is 13.5. The van der Waals surface area contributed by atoms with Gasteiger partial charge in [-0.2, -0.15) is 0 Å². The van der Waals surface area contributed by atoms with Gasteiger partial charge in [-0.1, -0.05) is 46.4 Å². The summed E-state index contributed by atoms with van der Waals surface area (Å²) in [5.41, 5.74) is -1.16. The van der Waals surface area contributed by atoms with Crippen LogP contribution in [0.15, 0.2) is 24.3 Å². The number of carbonyl (C=O) groups excluding carboxylic acids is 1. The predicted molar refractivity (Wildman–Crippen MR) is 126 cm³/mol. The van der Waals surface area contributed by atoms with Crippen molar-refractivity contribution in [2.24, 2.45) is 50.7 Å². The number of carboxylic acids is 1. The van der Waals surface area contributed by atoms with Gasteiger partial charge >= 0.3 is 11.9 Å². The molecule has 9 atom stereocenters. The second kappa shape index (κ2) is 5.97. The normalized spacial score (nSPS) is 55.2. The van der Waals surface area contributed by atoms with Crippen LogP contribution < -0.4 is 0 Å². The standard InChI is InChI=1S/C29H40O4/c1-17(2)29-16-14-27(23(32)33-29)13-15-28(22(30)31)18(21(27)29)7-8-20-25(5)12-11-24(3,4)19(25)9-10-26(20,28)6/h11-12,18-21H,1,7-10,13-16H2,2-6H3,(H,30,31)/t18?,19?,20?,21?,25?,26?,27?,28?,29-/m1/s1. The fourth-order valence-corrected chi connectivity index (χ4v) is 11.2. The summed E-state index contributed by atoms with van der Waals surface area (Å²) in [6.45, 7) is 15.7. The van der Waals surface area contributed by atoms with Crippen LogP contribution in [0.4, 0.5) is 0 Å². The second-order valence-corrected chi connectivity index (χ2v) is 13.7. The highest BCUT2D eigenvalue weighted by Gasteiger charge is 2.81. The summed E-state index contributed by atoms with van der Waals surface area (Å²) in [4.78, 5) is 26.8. The number of carbonyl (C=O) groups is 2. The first kappa shape index (κ1) is 21.9. The topological polar surface area (TPSA) is 63.6 Å². The third-order valence-corrected chi connectivity index (χ3v) is 12.6. The minimum Gasteiger partial charge on any atom is -0.481 e. The summed E-state index contributed by atoms with van der Waals surface area (Å²) in [6, 6.07) is 0. The summed E-state index contributed by atoms with van der Waals surface area (Å²) < 4.78 is 6.16. The van der Waals surface area contributed by atoms with Gasteiger partial charge in [0, 0.05) is 5.92 Å². The van der Waals surface area contributed by atoms with Crippen molar-refractivity contribution in [1.29, 1.82) is 0 Å². The number of ether oxygens (including phenoxy) is 1. The Balaban J connectivity index is 1.51. The van der Waals surface area contributed by atoms with Gasteiger partial charge in [-0.25, -0.2) is 0 Å². The largest absolute Gasteiger partial charge is 0.481 e. The van der Waals surface area contributed by atoms with Gasteiger partial charge in [0.05, 0.1) is 10.8 Å². The molecule has 1 aliphatic heterocycles. The molecule has 0 aromatic carbocycles. The quantitative estimate of drug-likeness (QED) is 0.402. The third kappa shape index (κ3) is 2.09. The van der Waals surface area contributed by atoms with E-state index < -0.39 is 22.4 Å². The van der Waals surface area contributed by atoms with Crippen LogP contribution in [0.5, 0.6) is 0 Å². The van der Waals surface area contributed by atoms with Crippen molar-refractivity contribution in [1.82, 2.24) is 0 Å². The van der Waals surface area contributed by atoms with Crippen molar-refractivity contribution >= 4 is 11.9 Å². The molecular formula is C29H40O4. The number of hydrogen-bond acceptors (Lipinski definition) is 3. The molecule has 8 unspecified atom stereocenters. The highest BCUT2D eigenvalue weighted by molar-refractivity contribution is 5.85. The molecule has 4 nitrogen and oxygen atoms in total. The zero-order chi connectivity index (χ0) is 23.8. The van der Waals surface area contributed by atoms with Crippen LogP contribution >= 0.6 is 0 Å². The van der Waals surface area contributed by atoms with Crippen molar-refractivity contribution in [2.45, 2.75) is 91.6 Å². The van der Waals surface area contributed by atoms with Crippen molar-refractivity contribution in [3.8, 4) is 0 Å². The molecule has 6 rings (SSSR count). The van der Waals surface area contributed by atoms with Crippen molar-refractivity contribution in [3.05, 3.63) is 24.3 Å². The van der Waals surface area contributed by atoms with E-state index in [0.717, 1.165) is 44.1 Å². The van der Waals surface area contributed by atoms with Crippen LogP contribution in [-0.4, -0.2) is 22.6 Å². The number of allylic oxidation sites excluding steroid dienone is 2. The Morgan fingerprint density at radius 1 is 1.00 bits per heavy atom. The molecule has 180 valence electrons. The van der Waals surface area contributed by atoms with Gasteiger partial charge in [-0.15, -0.1) is 0 Å². The molecule has 4 heteroatoms. The average Bonchev–Trinajstić information content (AvgIpc) is 3.30. The molecule has 1 N–H and O–H groups in total. The Hall–Kier alpha value is -1.58. The minimum atomic E-state index is -0.808. The lowest BCUT2D eigenvalue weighted by atomic mass is 9.34. The van der Waals surface area contributed by atoms with Crippen LogP contribution in [0.2, 0.25) is 0 Å². The molecule has 0 aromatic rings. The van der Waals surface area contributed by atoms with E-state index in [0.29, 0.717) is 24.7 Å². The van der Waals surface area contributed by atoms with E-state index in [1.165, 1.54) is 0 Å². The van der Waals surface area contributed by atoms with Crippen molar-refractivity contribution in [2.75, 3.05) is 0 Å². The van der Waals surface area contributed by atoms with E-state index in [4.69, 9.17) is 4.74 Å². The second-order valence-electron chi connectivity index (χ2n) is 13.7. The third-order valence-electron chi connectivity index (χ3n) is 12.6. The van der Waals surface area contributed by atoms with Gasteiger partial charge < -0.3 is 9.84 Å². The van der Waals surface area contributed by atoms with Gasteiger partial charge in [0.2, 0.25) is 0 Å². The molecule has 5 aliphatic carbocycles. The summed E-state index contributed by atoms with van der Waals surface area (Å²) in [7, 11) is 0. The number of aliphatic carboxylic acids is 1. The molecule has 2 bridgehead atoms. The summed E-state index contributed by atoms with van der Waals surface area (Å²) in [5.74, 6) is 0.125. The fourth-order valence-electron chi connectivity index (χ4n) is 11.2. The van der Waals surface area contributed by atoms with Crippen molar-refractivity contribution < 1.29 is 19.4 Å². The smallest absolute Gasteiger partial charge is 0.313 e. The Kier molecular flexibility index (Phi) is 3.96. The van der Waals surface area contributed by atoms with Crippen LogP contribution in [0.3, 0.4) is 0 Å². The van der Waals surface area contributed by atoms with E-state index >= 15 is 0 Å². The van der Waals surface area contributed by atoms with Crippen LogP contribution in [0.1, 0.15) is 86.0 Å². The number of carboxylic acid groups (broad SMARTS) is 1. The number of fused-ring (bicyclic) bond motifs is 5. The number of rotatable bonds is 2. The van der Waals surface area contributed by atoms with E-state index in [9.17, 15) is 14.7 Å². The minimum absolute atomic E-state index is 0.0332. The number of esters is 1. The lowest BCUT2D eigenvalue weighted by molar-refractivity contribution is -0.226. The average molecular weight is 453 g/mol. The molecule has 33 heavy (non-hydrogen) atoms. The fraction of sp³-hybridized carbons (Fsp3) is 0.793. The molecule has 4 saturated carbocycles. The van der Waals surface area contributed by atoms with Crippen LogP contribution in [-0.2, 0) is 14.3 Å². The van der Waals surface area contributed by atoms with Crippen molar-refractivity contribution in [3.63, 3.8) is 0 Å². The SMILES string of the molecule is C=C(C)[C@]12CCC3(CCC4(C(=O)O)C(CCC5C6(C)C=CC(C)(C)C6CCC54C)C31)C(=O)O2. The highest BCUT2D eigenvalue weighted by Crippen LogP contribution is 2.79. The van der Waals surface area contributed by atoms with E-state index in [1.807, 2.05) is 6.92 Å². The van der Waals surface area contributed by atoms with E-state index in [-0.39, 0.29) is 34.1 Å². The molecular weight excluding hydrogens is 412 g/mol. The Bertz CT molecular complexity index is 1010. The van der Waals surface area contributed by atoms with Crippen LogP contribution in [0.25, 0.3) is 0 Å². The molecule has 0 amide bonds. The van der Waals surface area contributed by atoms with Crippen LogP contribution in [0, 0.1) is 50.7 Å². The summed E-state index contributed by atoms with van der Waals surface area (Å²) >= 11 is 0. The summed E-state index contributed by atoms with van der Waals surface area (Å²) in [5, 5.41) is 11.1. The van der Waals surface area contributed by atoms with Gasteiger partial charge in [-0.05, 0) is 97.9 Å². The first-order valence-electron chi connectivity index (χ1n) is 13.2. The first-order valence-corrected chi connectivity index (χ1v) is 13.2. The first-order chi connectivity index (χ1) is 15.3. The summed E-state index contributed by atoms with van der Waals surface area (Å²) in [6.07, 6.45) is 11.7. The van der Waals surface area contributed by atoms with E-state index in [1.54, 1.807) is 0 Å².